The van der Waals surface area contributed by atoms with Crippen molar-refractivity contribution < 1.29 is 8.42 Å². The van der Waals surface area contributed by atoms with Gasteiger partial charge in [0.2, 0.25) is 0 Å². The van der Waals surface area contributed by atoms with Crippen LogP contribution in [-0.4, -0.2) is 20.4 Å². The molecule has 1 heterocycles. The molecule has 0 aliphatic heterocycles. The van der Waals surface area contributed by atoms with E-state index in [1.807, 2.05) is 6.92 Å². The second kappa shape index (κ2) is 5.80. The number of pyridine rings is 1. The Labute approximate surface area is 126 Å². The lowest BCUT2D eigenvalue weighted by atomic mass is 10.3. The van der Waals surface area contributed by atoms with Crippen molar-refractivity contribution in [3.05, 3.63) is 46.6 Å². The quantitative estimate of drug-likeness (QED) is 0.884. The van der Waals surface area contributed by atoms with E-state index in [2.05, 4.69) is 31.0 Å². The van der Waals surface area contributed by atoms with E-state index < -0.39 is 10.0 Å². The third kappa shape index (κ3) is 3.10. The van der Waals surface area contributed by atoms with Crippen molar-refractivity contribution in [2.24, 2.45) is 0 Å². The molecule has 0 atom stereocenters. The van der Waals surface area contributed by atoms with Crippen molar-refractivity contribution in [1.82, 2.24) is 4.98 Å². The van der Waals surface area contributed by atoms with Crippen LogP contribution in [0.5, 0.6) is 0 Å². The number of nitrogens with zero attached hydrogens (tertiary/aromatic N) is 1. The molecule has 2 rings (SSSR count). The van der Waals surface area contributed by atoms with Crippen molar-refractivity contribution in [2.75, 3.05) is 17.1 Å². The van der Waals surface area contributed by atoms with Gasteiger partial charge >= 0.3 is 0 Å². The van der Waals surface area contributed by atoms with Gasteiger partial charge in [0.15, 0.2) is 0 Å². The van der Waals surface area contributed by atoms with Crippen molar-refractivity contribution in [3.8, 4) is 0 Å². The van der Waals surface area contributed by atoms with E-state index in [4.69, 9.17) is 0 Å². The van der Waals surface area contributed by atoms with Gasteiger partial charge in [0.1, 0.15) is 10.7 Å². The second-order valence-electron chi connectivity index (χ2n) is 4.17. The van der Waals surface area contributed by atoms with Gasteiger partial charge in [-0.15, -0.1) is 0 Å². The van der Waals surface area contributed by atoms with Gasteiger partial charge in [-0.3, -0.25) is 4.72 Å². The minimum atomic E-state index is -3.68. The van der Waals surface area contributed by atoms with Gasteiger partial charge in [-0.1, -0.05) is 12.1 Å². The molecule has 2 N–H and O–H groups in total. The average Bonchev–Trinajstić information content (AvgIpc) is 2.42. The lowest BCUT2D eigenvalue weighted by molar-refractivity contribution is 0.601. The van der Waals surface area contributed by atoms with Crippen molar-refractivity contribution in [3.63, 3.8) is 0 Å². The summed E-state index contributed by atoms with van der Waals surface area (Å²) >= 11 is 3.33. The number of nitrogens with one attached hydrogen (secondary N) is 2. The van der Waals surface area contributed by atoms with Crippen LogP contribution in [0.4, 0.5) is 11.5 Å². The second-order valence-corrected chi connectivity index (χ2v) is 6.68. The number of benzene rings is 1. The van der Waals surface area contributed by atoms with Gasteiger partial charge in [-0.2, -0.15) is 0 Å². The fourth-order valence-corrected chi connectivity index (χ4v) is 3.13. The number of hydrogen-bond acceptors (Lipinski definition) is 4. The standard InChI is InChI=1S/C13H14BrN3O2S/c1-9-7-13(16-8-10(9)14)17-20(18,19)12-6-4-3-5-11(12)15-2/h3-8,15H,1-2H3,(H,16,17). The van der Waals surface area contributed by atoms with E-state index in [1.165, 1.54) is 0 Å². The Balaban J connectivity index is 2.38. The molecule has 0 spiro atoms. The van der Waals surface area contributed by atoms with Gasteiger partial charge in [-0.05, 0) is 46.6 Å². The van der Waals surface area contributed by atoms with Crippen molar-refractivity contribution >= 4 is 37.5 Å². The molecule has 106 valence electrons. The van der Waals surface area contributed by atoms with Crippen LogP contribution in [0.2, 0.25) is 0 Å². The largest absolute Gasteiger partial charge is 0.387 e. The molecule has 0 saturated heterocycles. The molecule has 2 aromatic rings. The summed E-state index contributed by atoms with van der Waals surface area (Å²) in [7, 11) is -2.00. The minimum Gasteiger partial charge on any atom is -0.387 e. The summed E-state index contributed by atoms with van der Waals surface area (Å²) < 4.78 is 28.1. The maximum Gasteiger partial charge on any atom is 0.265 e. The molecule has 0 amide bonds. The zero-order valence-corrected chi connectivity index (χ0v) is 13.4. The highest BCUT2D eigenvalue weighted by molar-refractivity contribution is 9.10. The highest BCUT2D eigenvalue weighted by atomic mass is 79.9. The maximum atomic E-state index is 12.4. The predicted octanol–water partition coefficient (Wildman–Crippen LogP) is 3.00. The molecule has 1 aromatic heterocycles. The van der Waals surface area contributed by atoms with Crippen molar-refractivity contribution in [2.45, 2.75) is 11.8 Å². The van der Waals surface area contributed by atoms with Crippen LogP contribution in [0.15, 0.2) is 45.9 Å². The van der Waals surface area contributed by atoms with Crippen LogP contribution in [0.25, 0.3) is 0 Å². The smallest absolute Gasteiger partial charge is 0.265 e. The fourth-order valence-electron chi connectivity index (χ4n) is 1.70. The average molecular weight is 356 g/mol. The Morgan fingerprint density at radius 1 is 1.25 bits per heavy atom. The first-order chi connectivity index (χ1) is 9.44. The van der Waals surface area contributed by atoms with Crippen LogP contribution >= 0.6 is 15.9 Å². The Bertz CT molecular complexity index is 732. The predicted molar refractivity (Wildman–Crippen MR) is 83.5 cm³/mol. The van der Waals surface area contributed by atoms with E-state index in [0.29, 0.717) is 5.69 Å². The van der Waals surface area contributed by atoms with Crippen molar-refractivity contribution in [1.29, 1.82) is 0 Å². The molecule has 1 aromatic carbocycles. The zero-order valence-electron chi connectivity index (χ0n) is 11.0. The van der Waals surface area contributed by atoms with Gasteiger partial charge < -0.3 is 5.32 Å². The molecule has 0 saturated carbocycles. The highest BCUT2D eigenvalue weighted by Gasteiger charge is 2.18. The minimum absolute atomic E-state index is 0.185. The molecular weight excluding hydrogens is 342 g/mol. The normalized spacial score (nSPS) is 11.2. The number of halogens is 1. The summed E-state index contributed by atoms with van der Waals surface area (Å²) in [5, 5.41) is 2.86. The first kappa shape index (κ1) is 14.8. The fraction of sp³-hybridized carbons (Fsp3) is 0.154. The molecule has 0 aliphatic carbocycles. The number of anilines is 2. The number of aromatic nitrogens is 1. The van der Waals surface area contributed by atoms with Crippen LogP contribution in [0.1, 0.15) is 5.56 Å². The lowest BCUT2D eigenvalue weighted by Crippen LogP contribution is -2.15. The van der Waals surface area contributed by atoms with Crippen LogP contribution in [0, 0.1) is 6.92 Å². The molecule has 0 bridgehead atoms. The first-order valence-electron chi connectivity index (χ1n) is 5.86. The molecule has 0 unspecified atom stereocenters. The lowest BCUT2D eigenvalue weighted by Gasteiger charge is -2.11. The summed E-state index contributed by atoms with van der Waals surface area (Å²) in [6, 6.07) is 8.36. The number of aryl methyl sites for hydroxylation is 1. The topological polar surface area (TPSA) is 71.1 Å². The molecule has 5 nitrogen and oxygen atoms in total. The number of hydrogen-bond donors (Lipinski definition) is 2. The summed E-state index contributed by atoms with van der Waals surface area (Å²) in [4.78, 5) is 4.23. The molecule has 7 heteroatoms. The maximum absolute atomic E-state index is 12.4. The Hall–Kier alpha value is -1.60. The van der Waals surface area contributed by atoms with Crippen LogP contribution in [0.3, 0.4) is 0 Å². The molecular formula is C13H14BrN3O2S. The van der Waals surface area contributed by atoms with Gasteiger partial charge in [0.25, 0.3) is 10.0 Å². The van der Waals surface area contributed by atoms with Crippen LogP contribution in [-0.2, 0) is 10.0 Å². The molecule has 0 radical (unpaired) electrons. The third-order valence-electron chi connectivity index (χ3n) is 2.73. The number of rotatable bonds is 4. The monoisotopic (exact) mass is 355 g/mol. The van der Waals surface area contributed by atoms with E-state index >= 15 is 0 Å². The summed E-state index contributed by atoms with van der Waals surface area (Å²) in [6.45, 7) is 1.87. The molecule has 0 fully saturated rings. The van der Waals surface area contributed by atoms with E-state index in [0.717, 1.165) is 10.0 Å². The summed E-state index contributed by atoms with van der Waals surface area (Å²) in [6.07, 6.45) is 1.57. The number of para-hydroxylation sites is 1. The number of sulfonamides is 1. The first-order valence-corrected chi connectivity index (χ1v) is 8.13. The summed E-state index contributed by atoms with van der Waals surface area (Å²) in [5.74, 6) is 0.289. The van der Waals surface area contributed by atoms with Gasteiger partial charge in [0.05, 0.1) is 5.69 Å². The summed E-state index contributed by atoms with van der Waals surface area (Å²) in [5.41, 5.74) is 1.44. The Morgan fingerprint density at radius 3 is 2.60 bits per heavy atom. The zero-order chi connectivity index (χ0) is 14.8. The third-order valence-corrected chi connectivity index (χ3v) is 4.97. The van der Waals surface area contributed by atoms with E-state index in [1.54, 1.807) is 43.6 Å². The van der Waals surface area contributed by atoms with E-state index in [-0.39, 0.29) is 10.7 Å². The Morgan fingerprint density at radius 2 is 1.95 bits per heavy atom. The Kier molecular flexibility index (Phi) is 4.29. The van der Waals surface area contributed by atoms with Crippen LogP contribution < -0.4 is 10.0 Å². The van der Waals surface area contributed by atoms with Gasteiger partial charge in [-0.25, -0.2) is 13.4 Å². The van der Waals surface area contributed by atoms with E-state index in [9.17, 15) is 8.42 Å². The molecule has 0 aliphatic rings. The van der Waals surface area contributed by atoms with Gasteiger partial charge in [0, 0.05) is 17.7 Å². The SMILES string of the molecule is CNc1ccccc1S(=O)(=O)Nc1cc(C)c(Br)cn1. The highest BCUT2D eigenvalue weighted by Crippen LogP contribution is 2.24. The molecule has 20 heavy (non-hydrogen) atoms.